The molecule has 0 bridgehead atoms. The Morgan fingerprint density at radius 2 is 1.89 bits per heavy atom. The number of nitrogens with zero attached hydrogens (tertiary/aromatic N) is 3. The molecule has 1 heterocycles. The number of aromatic nitrogens is 3. The zero-order valence-corrected chi connectivity index (χ0v) is 22.1. The second kappa shape index (κ2) is 13.1. The maximum atomic E-state index is 12.9. The molecule has 2 amide bonds. The molecule has 0 aliphatic rings. The lowest BCUT2D eigenvalue weighted by Crippen LogP contribution is -2.34. The number of ether oxygens (including phenoxy) is 1. The van der Waals surface area contributed by atoms with Crippen molar-refractivity contribution in [1.82, 2.24) is 20.1 Å². The number of carbonyl (C=O) groups excluding carboxylic acids is 2. The van der Waals surface area contributed by atoms with E-state index in [1.807, 2.05) is 37.5 Å². The van der Waals surface area contributed by atoms with Crippen LogP contribution in [-0.4, -0.2) is 38.9 Å². The second-order valence-electron chi connectivity index (χ2n) is 8.21. The molecule has 0 saturated heterocycles. The summed E-state index contributed by atoms with van der Waals surface area (Å²) in [4.78, 5) is 25.5. The van der Waals surface area contributed by atoms with Crippen LogP contribution in [0.15, 0.2) is 66.3 Å². The molecule has 10 heteroatoms. The van der Waals surface area contributed by atoms with Gasteiger partial charge in [-0.25, -0.2) is 0 Å². The quantitative estimate of drug-likeness (QED) is 0.242. The minimum Gasteiger partial charge on any atom is -0.494 e. The van der Waals surface area contributed by atoms with Crippen molar-refractivity contribution in [2.45, 2.75) is 38.5 Å². The van der Waals surface area contributed by atoms with E-state index in [1.54, 1.807) is 42.5 Å². The Balaban J connectivity index is 1.71. The van der Waals surface area contributed by atoms with Gasteiger partial charge in [-0.05, 0) is 49.2 Å². The van der Waals surface area contributed by atoms with E-state index in [9.17, 15) is 9.59 Å². The van der Waals surface area contributed by atoms with Crippen molar-refractivity contribution in [2.24, 2.45) is 5.92 Å². The van der Waals surface area contributed by atoms with Gasteiger partial charge in [-0.2, -0.15) is 0 Å². The summed E-state index contributed by atoms with van der Waals surface area (Å²) in [6.45, 7) is 10.7. The fraction of sp³-hybridized carbons (Fsp3) is 0.308. The number of hydrogen-bond acceptors (Lipinski definition) is 6. The van der Waals surface area contributed by atoms with Crippen LogP contribution in [0.3, 0.4) is 0 Å². The van der Waals surface area contributed by atoms with Crippen LogP contribution in [-0.2, 0) is 11.3 Å². The van der Waals surface area contributed by atoms with Crippen molar-refractivity contribution in [3.05, 3.63) is 77.6 Å². The number of nitrogens with one attached hydrogen (secondary N) is 2. The van der Waals surface area contributed by atoms with E-state index >= 15 is 0 Å². The van der Waals surface area contributed by atoms with Gasteiger partial charge in [0.05, 0.1) is 29.0 Å². The van der Waals surface area contributed by atoms with Crippen molar-refractivity contribution in [2.75, 3.05) is 17.7 Å². The number of anilines is 1. The third-order valence-electron chi connectivity index (χ3n) is 5.19. The number of carbonyl (C=O) groups is 2. The van der Waals surface area contributed by atoms with Gasteiger partial charge in [-0.3, -0.25) is 9.59 Å². The Morgan fingerprint density at radius 3 is 2.53 bits per heavy atom. The predicted octanol–water partition coefficient (Wildman–Crippen LogP) is 5.37. The van der Waals surface area contributed by atoms with Crippen LogP contribution in [0.1, 0.15) is 43.0 Å². The Hall–Kier alpha value is -3.30. The first kappa shape index (κ1) is 27.3. The molecule has 0 spiro atoms. The molecule has 3 rings (SSSR count). The van der Waals surface area contributed by atoms with Gasteiger partial charge in [0.25, 0.3) is 5.91 Å². The number of rotatable bonds is 12. The summed E-state index contributed by atoms with van der Waals surface area (Å²) in [5.74, 6) is 1.02. The molecule has 0 fully saturated rings. The smallest absolute Gasteiger partial charge is 0.253 e. The summed E-state index contributed by atoms with van der Waals surface area (Å²) in [6.07, 6.45) is 1.73. The van der Waals surface area contributed by atoms with E-state index in [1.165, 1.54) is 11.8 Å². The molecule has 0 aliphatic heterocycles. The molecule has 0 radical (unpaired) electrons. The van der Waals surface area contributed by atoms with Crippen molar-refractivity contribution in [3.63, 3.8) is 0 Å². The van der Waals surface area contributed by atoms with Crippen LogP contribution in [0.25, 0.3) is 0 Å². The van der Waals surface area contributed by atoms with E-state index in [-0.39, 0.29) is 23.5 Å². The van der Waals surface area contributed by atoms with Crippen LogP contribution in [0.2, 0.25) is 5.02 Å². The van der Waals surface area contributed by atoms with Gasteiger partial charge in [0.1, 0.15) is 5.75 Å². The van der Waals surface area contributed by atoms with Crippen LogP contribution >= 0.6 is 23.4 Å². The van der Waals surface area contributed by atoms with E-state index < -0.39 is 6.04 Å². The molecule has 1 aromatic heterocycles. The van der Waals surface area contributed by atoms with Crippen molar-refractivity contribution in [3.8, 4) is 5.75 Å². The van der Waals surface area contributed by atoms with Gasteiger partial charge in [0.15, 0.2) is 11.0 Å². The van der Waals surface area contributed by atoms with Gasteiger partial charge in [0, 0.05) is 12.2 Å². The predicted molar refractivity (Wildman–Crippen MR) is 144 cm³/mol. The number of benzene rings is 2. The molecule has 3 aromatic rings. The summed E-state index contributed by atoms with van der Waals surface area (Å²) in [5.41, 5.74) is 1.07. The zero-order chi connectivity index (χ0) is 26.1. The van der Waals surface area contributed by atoms with E-state index in [0.717, 1.165) is 5.75 Å². The van der Waals surface area contributed by atoms with Crippen molar-refractivity contribution < 1.29 is 14.3 Å². The first-order valence-electron chi connectivity index (χ1n) is 11.6. The SMILES string of the molecule is C=CCn1c(SCC(=O)Nc2ccc(OCC)cc2)nnc1C(NC(=O)c1ccccc1Cl)C(C)C. The average molecular weight is 528 g/mol. The maximum absolute atomic E-state index is 12.9. The molecule has 190 valence electrons. The Bertz CT molecular complexity index is 1200. The molecule has 2 N–H and O–H groups in total. The van der Waals surface area contributed by atoms with Crippen LogP contribution in [0, 0.1) is 5.92 Å². The standard InChI is InChI=1S/C26H30ClN5O3S/c1-5-15-32-24(23(17(3)4)29-25(34)20-9-7-8-10-21(20)27)30-31-26(32)36-16-22(33)28-18-11-13-19(14-12-18)35-6-2/h5,7-14,17,23H,1,6,15-16H2,2-4H3,(H,28,33)(H,29,34). The van der Waals surface area contributed by atoms with Gasteiger partial charge >= 0.3 is 0 Å². The van der Waals surface area contributed by atoms with Crippen LogP contribution < -0.4 is 15.4 Å². The highest BCUT2D eigenvalue weighted by Gasteiger charge is 2.27. The van der Waals surface area contributed by atoms with Gasteiger partial charge in [-0.15, -0.1) is 16.8 Å². The Morgan fingerprint density at radius 1 is 1.17 bits per heavy atom. The number of halogens is 1. The molecule has 36 heavy (non-hydrogen) atoms. The third kappa shape index (κ3) is 7.11. The third-order valence-corrected chi connectivity index (χ3v) is 6.48. The first-order valence-corrected chi connectivity index (χ1v) is 12.9. The summed E-state index contributed by atoms with van der Waals surface area (Å²) in [5, 5.41) is 15.5. The van der Waals surface area contributed by atoms with E-state index in [4.69, 9.17) is 16.3 Å². The Kier molecular flexibility index (Phi) is 9.95. The summed E-state index contributed by atoms with van der Waals surface area (Å²) in [7, 11) is 0. The summed E-state index contributed by atoms with van der Waals surface area (Å²) >= 11 is 7.47. The topological polar surface area (TPSA) is 98.1 Å². The highest BCUT2D eigenvalue weighted by Crippen LogP contribution is 2.27. The zero-order valence-electron chi connectivity index (χ0n) is 20.5. The number of thioether (sulfide) groups is 1. The van der Waals surface area contributed by atoms with Crippen LogP contribution in [0.4, 0.5) is 5.69 Å². The average Bonchev–Trinajstić information content (AvgIpc) is 3.25. The minimum absolute atomic E-state index is 0.0185. The number of amides is 2. The molecular formula is C26H30ClN5O3S. The van der Waals surface area contributed by atoms with E-state index in [2.05, 4.69) is 27.4 Å². The first-order chi connectivity index (χ1) is 17.3. The molecule has 0 aliphatic carbocycles. The molecule has 1 unspecified atom stereocenters. The van der Waals surface area contributed by atoms with Gasteiger partial charge in [-0.1, -0.05) is 55.4 Å². The second-order valence-corrected chi connectivity index (χ2v) is 9.56. The summed E-state index contributed by atoms with van der Waals surface area (Å²) in [6, 6.07) is 13.7. The Labute approximate surface area is 220 Å². The van der Waals surface area contributed by atoms with E-state index in [0.29, 0.717) is 40.4 Å². The molecule has 8 nitrogen and oxygen atoms in total. The van der Waals surface area contributed by atoms with Crippen LogP contribution in [0.5, 0.6) is 5.75 Å². The summed E-state index contributed by atoms with van der Waals surface area (Å²) < 4.78 is 7.29. The molecular weight excluding hydrogens is 498 g/mol. The highest BCUT2D eigenvalue weighted by atomic mass is 35.5. The highest BCUT2D eigenvalue weighted by molar-refractivity contribution is 7.99. The lowest BCUT2D eigenvalue weighted by atomic mass is 10.0. The fourth-order valence-corrected chi connectivity index (χ4v) is 4.44. The normalized spacial score (nSPS) is 11.7. The van der Waals surface area contributed by atoms with Crippen molar-refractivity contribution >= 4 is 40.9 Å². The maximum Gasteiger partial charge on any atom is 0.253 e. The monoisotopic (exact) mass is 527 g/mol. The lowest BCUT2D eigenvalue weighted by molar-refractivity contribution is -0.113. The van der Waals surface area contributed by atoms with Gasteiger partial charge < -0.3 is 19.9 Å². The van der Waals surface area contributed by atoms with Gasteiger partial charge in [0.2, 0.25) is 5.91 Å². The number of allylic oxidation sites excluding steroid dienone is 1. The molecule has 0 saturated carbocycles. The van der Waals surface area contributed by atoms with Crippen molar-refractivity contribution in [1.29, 1.82) is 0 Å². The lowest BCUT2D eigenvalue weighted by Gasteiger charge is -2.23. The molecule has 2 aromatic carbocycles. The largest absolute Gasteiger partial charge is 0.494 e. The minimum atomic E-state index is -0.423. The molecule has 1 atom stereocenters. The number of hydrogen-bond donors (Lipinski definition) is 2. The fourth-order valence-electron chi connectivity index (χ4n) is 3.46.